The largest absolute Gasteiger partial charge is 0.454 e. The molecule has 0 saturated heterocycles. The number of hydrogen-bond donors (Lipinski definition) is 0. The molecule has 0 aliphatic carbocycles. The summed E-state index contributed by atoms with van der Waals surface area (Å²) in [4.78, 5) is 28.3. The van der Waals surface area contributed by atoms with E-state index in [1.54, 1.807) is 18.2 Å². The summed E-state index contributed by atoms with van der Waals surface area (Å²) in [6, 6.07) is 20.7. The third-order valence-electron chi connectivity index (χ3n) is 5.26. The lowest BCUT2D eigenvalue weighted by atomic mass is 10.1. The van der Waals surface area contributed by atoms with E-state index in [-0.39, 0.29) is 19.2 Å². The van der Waals surface area contributed by atoms with Crippen molar-refractivity contribution in [3.05, 3.63) is 100 Å². The smallest absolute Gasteiger partial charge is 0.268 e. The fourth-order valence-corrected chi connectivity index (χ4v) is 4.74. The van der Waals surface area contributed by atoms with Gasteiger partial charge >= 0.3 is 0 Å². The lowest BCUT2D eigenvalue weighted by Crippen LogP contribution is -2.30. The first-order valence-electron chi connectivity index (χ1n) is 10.0. The first kappa shape index (κ1) is 20.3. The monoisotopic (exact) mass is 447 g/mol. The summed E-state index contributed by atoms with van der Waals surface area (Å²) in [5.74, 6) is 0.617. The van der Waals surface area contributed by atoms with E-state index in [1.807, 2.05) is 30.3 Å². The van der Waals surface area contributed by atoms with Crippen LogP contribution in [0.25, 0.3) is 5.57 Å². The number of ether oxygens (including phenoxy) is 2. The van der Waals surface area contributed by atoms with Crippen LogP contribution in [0.1, 0.15) is 16.7 Å². The number of rotatable bonds is 6. The zero-order chi connectivity index (χ0) is 22.1. The number of amides is 2. The Morgan fingerprint density at radius 1 is 0.844 bits per heavy atom. The lowest BCUT2D eigenvalue weighted by molar-refractivity contribution is -0.137. The van der Waals surface area contributed by atoms with E-state index < -0.39 is 11.7 Å². The standard InChI is InChI=1S/C25H18FNO4S/c26-19-9-7-18(8-10-19)22-23(32-14-16-4-2-1-3-5-16)25(29)27(24(22)28)13-17-6-11-20-21(12-17)31-15-30-20/h1-12H,13-15H2. The molecule has 2 aliphatic heterocycles. The van der Waals surface area contributed by atoms with Crippen molar-refractivity contribution >= 4 is 29.1 Å². The zero-order valence-electron chi connectivity index (χ0n) is 16.9. The number of nitrogens with zero attached hydrogens (tertiary/aromatic N) is 1. The number of imide groups is 1. The molecule has 2 heterocycles. The molecule has 7 heteroatoms. The maximum atomic E-state index is 13.5. The molecule has 5 nitrogen and oxygen atoms in total. The van der Waals surface area contributed by atoms with Crippen molar-refractivity contribution < 1.29 is 23.5 Å². The van der Waals surface area contributed by atoms with Crippen LogP contribution in [-0.2, 0) is 21.9 Å². The summed E-state index contributed by atoms with van der Waals surface area (Å²) >= 11 is 1.32. The van der Waals surface area contributed by atoms with Gasteiger partial charge in [-0.2, -0.15) is 0 Å². The molecule has 0 aromatic heterocycles. The predicted octanol–water partition coefficient (Wildman–Crippen LogP) is 4.77. The van der Waals surface area contributed by atoms with E-state index in [4.69, 9.17) is 9.47 Å². The molecule has 160 valence electrons. The van der Waals surface area contributed by atoms with Crippen LogP contribution < -0.4 is 9.47 Å². The second-order valence-electron chi connectivity index (χ2n) is 7.37. The van der Waals surface area contributed by atoms with Crippen LogP contribution in [0.4, 0.5) is 4.39 Å². The van der Waals surface area contributed by atoms with Crippen LogP contribution in [-0.4, -0.2) is 23.5 Å². The van der Waals surface area contributed by atoms with E-state index in [2.05, 4.69) is 0 Å². The third-order valence-corrected chi connectivity index (χ3v) is 6.41. The third kappa shape index (κ3) is 3.87. The molecule has 2 aliphatic rings. The second kappa shape index (κ2) is 8.51. The van der Waals surface area contributed by atoms with Gasteiger partial charge in [-0.25, -0.2) is 4.39 Å². The van der Waals surface area contributed by atoms with Crippen molar-refractivity contribution in [3.8, 4) is 11.5 Å². The molecule has 0 saturated carbocycles. The normalized spacial score (nSPS) is 15.1. The Hall–Kier alpha value is -3.58. The van der Waals surface area contributed by atoms with Gasteiger partial charge in [0.15, 0.2) is 11.5 Å². The number of thioether (sulfide) groups is 1. The number of hydrogen-bond acceptors (Lipinski definition) is 5. The van der Waals surface area contributed by atoms with Crippen molar-refractivity contribution in [3.63, 3.8) is 0 Å². The van der Waals surface area contributed by atoms with E-state index in [1.165, 1.54) is 40.9 Å². The van der Waals surface area contributed by atoms with Crippen molar-refractivity contribution in [2.45, 2.75) is 12.3 Å². The Kier molecular flexibility index (Phi) is 5.41. The Labute approximate surface area is 188 Å². The van der Waals surface area contributed by atoms with Gasteiger partial charge in [0.25, 0.3) is 11.8 Å². The van der Waals surface area contributed by atoms with Gasteiger partial charge in [0.2, 0.25) is 6.79 Å². The summed E-state index contributed by atoms with van der Waals surface area (Å²) in [5, 5.41) is 0. The molecule has 3 aromatic rings. The quantitative estimate of drug-likeness (QED) is 0.510. The molecule has 0 fully saturated rings. The van der Waals surface area contributed by atoms with E-state index in [0.29, 0.717) is 33.3 Å². The fraction of sp³-hybridized carbons (Fsp3) is 0.120. The Morgan fingerprint density at radius 3 is 2.38 bits per heavy atom. The predicted molar refractivity (Wildman–Crippen MR) is 119 cm³/mol. The number of carbonyl (C=O) groups excluding carboxylic acids is 2. The van der Waals surface area contributed by atoms with Crippen LogP contribution >= 0.6 is 11.8 Å². The molecule has 32 heavy (non-hydrogen) atoms. The Balaban J connectivity index is 1.45. The maximum Gasteiger partial charge on any atom is 0.268 e. The van der Waals surface area contributed by atoms with Gasteiger partial charge in [-0.3, -0.25) is 14.5 Å². The number of halogens is 1. The molecule has 0 N–H and O–H groups in total. The highest BCUT2D eigenvalue weighted by Crippen LogP contribution is 2.39. The summed E-state index contributed by atoms with van der Waals surface area (Å²) in [7, 11) is 0. The van der Waals surface area contributed by atoms with Crippen LogP contribution in [0.2, 0.25) is 0 Å². The topological polar surface area (TPSA) is 55.8 Å². The van der Waals surface area contributed by atoms with Crippen LogP contribution in [0.5, 0.6) is 11.5 Å². The SMILES string of the molecule is O=C1C(SCc2ccccc2)=C(c2ccc(F)cc2)C(=O)N1Cc1ccc2c(c1)OCO2. The number of carbonyl (C=O) groups is 2. The minimum Gasteiger partial charge on any atom is -0.454 e. The maximum absolute atomic E-state index is 13.5. The van der Waals surface area contributed by atoms with Gasteiger partial charge in [-0.05, 0) is 41.0 Å². The van der Waals surface area contributed by atoms with E-state index in [0.717, 1.165) is 11.1 Å². The van der Waals surface area contributed by atoms with Gasteiger partial charge in [0, 0.05) is 5.75 Å². The molecule has 0 radical (unpaired) electrons. The lowest BCUT2D eigenvalue weighted by Gasteiger charge is -2.15. The van der Waals surface area contributed by atoms with E-state index >= 15 is 0 Å². The highest BCUT2D eigenvalue weighted by molar-refractivity contribution is 8.03. The molecular weight excluding hydrogens is 429 g/mol. The highest BCUT2D eigenvalue weighted by atomic mass is 32.2. The molecule has 3 aromatic carbocycles. The van der Waals surface area contributed by atoms with Gasteiger partial charge in [0.05, 0.1) is 17.0 Å². The van der Waals surface area contributed by atoms with Crippen LogP contribution in [0.15, 0.2) is 77.7 Å². The molecule has 2 amide bonds. The van der Waals surface area contributed by atoms with Gasteiger partial charge < -0.3 is 9.47 Å². The second-order valence-corrected chi connectivity index (χ2v) is 8.35. The minimum atomic E-state index is -0.401. The van der Waals surface area contributed by atoms with Crippen LogP contribution in [0.3, 0.4) is 0 Å². The van der Waals surface area contributed by atoms with Crippen molar-refractivity contribution in [2.75, 3.05) is 6.79 Å². The minimum absolute atomic E-state index is 0.106. The van der Waals surface area contributed by atoms with E-state index in [9.17, 15) is 14.0 Å². The molecule has 0 spiro atoms. The van der Waals surface area contributed by atoms with Crippen molar-refractivity contribution in [1.29, 1.82) is 0 Å². The first-order chi connectivity index (χ1) is 15.6. The van der Waals surface area contributed by atoms with Crippen LogP contribution in [0, 0.1) is 5.82 Å². The highest BCUT2D eigenvalue weighted by Gasteiger charge is 2.39. The first-order valence-corrected chi connectivity index (χ1v) is 11.0. The summed E-state index contributed by atoms with van der Waals surface area (Å²) < 4.78 is 24.2. The summed E-state index contributed by atoms with van der Waals surface area (Å²) in [6.45, 7) is 0.255. The zero-order valence-corrected chi connectivity index (χ0v) is 17.7. The molecule has 5 rings (SSSR count). The van der Waals surface area contributed by atoms with Gasteiger partial charge in [-0.1, -0.05) is 48.5 Å². The van der Waals surface area contributed by atoms with Gasteiger partial charge in [-0.15, -0.1) is 11.8 Å². The van der Waals surface area contributed by atoms with Crippen molar-refractivity contribution in [2.24, 2.45) is 0 Å². The molecule has 0 unspecified atom stereocenters. The Morgan fingerprint density at radius 2 is 1.59 bits per heavy atom. The average Bonchev–Trinajstić information content (AvgIpc) is 3.37. The van der Waals surface area contributed by atoms with Crippen molar-refractivity contribution in [1.82, 2.24) is 4.90 Å². The average molecular weight is 447 g/mol. The Bertz CT molecular complexity index is 1220. The summed E-state index contributed by atoms with van der Waals surface area (Å²) in [6.07, 6.45) is 0. The molecular formula is C25H18FNO4S. The van der Waals surface area contributed by atoms with Gasteiger partial charge in [0.1, 0.15) is 5.82 Å². The molecule has 0 atom stereocenters. The number of fused-ring (bicyclic) bond motifs is 1. The number of benzene rings is 3. The fourth-order valence-electron chi connectivity index (χ4n) is 3.65. The molecule has 0 bridgehead atoms. The summed E-state index contributed by atoms with van der Waals surface area (Å²) in [5.41, 5.74) is 2.62.